The van der Waals surface area contributed by atoms with Crippen LogP contribution in [0.4, 0.5) is 4.79 Å². The third-order valence-electron chi connectivity index (χ3n) is 2.47. The van der Waals surface area contributed by atoms with Crippen molar-refractivity contribution in [1.82, 2.24) is 15.6 Å². The average Bonchev–Trinajstić information content (AvgIpc) is 2.93. The van der Waals surface area contributed by atoms with E-state index in [0.717, 1.165) is 5.56 Å². The van der Waals surface area contributed by atoms with Crippen LogP contribution < -0.4 is 10.6 Å². The van der Waals surface area contributed by atoms with Crippen molar-refractivity contribution in [3.05, 3.63) is 52.0 Å². The molecule has 2 rings (SSSR count). The van der Waals surface area contributed by atoms with E-state index in [2.05, 4.69) is 15.6 Å². The molecule has 0 atom stereocenters. The number of urea groups is 1. The number of thiazole rings is 1. The first-order chi connectivity index (χ1) is 9.65. The third-order valence-corrected chi connectivity index (χ3v) is 3.32. The lowest BCUT2D eigenvalue weighted by Gasteiger charge is -2.06. The number of benzene rings is 1. The Bertz CT molecular complexity index is 598. The Morgan fingerprint density at radius 2 is 1.85 bits per heavy atom. The van der Waals surface area contributed by atoms with Crippen molar-refractivity contribution >= 4 is 23.3 Å². The van der Waals surface area contributed by atoms with Crippen molar-refractivity contribution in [3.8, 4) is 0 Å². The van der Waals surface area contributed by atoms with Gasteiger partial charge in [-0.3, -0.25) is 0 Å². The molecule has 2 amide bonds. The predicted molar refractivity (Wildman–Crippen MR) is 74.6 cm³/mol. The molecule has 0 aliphatic rings. The number of carbonyl (C=O) groups excluding carboxylic acids is 1. The quantitative estimate of drug-likeness (QED) is 0.784. The van der Waals surface area contributed by atoms with Crippen LogP contribution in [0.5, 0.6) is 0 Å². The average molecular weight is 291 g/mol. The van der Waals surface area contributed by atoms with E-state index >= 15 is 0 Å². The maximum Gasteiger partial charge on any atom is 0.355 e. The topological polar surface area (TPSA) is 91.3 Å². The number of carbonyl (C=O) groups is 2. The van der Waals surface area contributed by atoms with Gasteiger partial charge in [0, 0.05) is 11.9 Å². The third kappa shape index (κ3) is 4.06. The number of nitrogens with one attached hydrogen (secondary N) is 2. The molecule has 0 spiro atoms. The van der Waals surface area contributed by atoms with Crippen molar-refractivity contribution in [1.29, 1.82) is 0 Å². The SMILES string of the molecule is O=C(NCc1ccccc1)NCc1nc(C(=O)O)cs1. The molecular formula is C13H13N3O3S. The van der Waals surface area contributed by atoms with Gasteiger partial charge in [0.2, 0.25) is 0 Å². The van der Waals surface area contributed by atoms with E-state index in [9.17, 15) is 9.59 Å². The lowest BCUT2D eigenvalue weighted by molar-refractivity contribution is 0.0691. The first kappa shape index (κ1) is 14.0. The van der Waals surface area contributed by atoms with Gasteiger partial charge in [0.1, 0.15) is 5.01 Å². The normalized spacial score (nSPS) is 10.0. The highest BCUT2D eigenvalue weighted by molar-refractivity contribution is 7.09. The van der Waals surface area contributed by atoms with Crippen LogP contribution in [0.1, 0.15) is 21.1 Å². The summed E-state index contributed by atoms with van der Waals surface area (Å²) in [6.07, 6.45) is 0. The summed E-state index contributed by atoms with van der Waals surface area (Å²) in [5, 5.41) is 16.1. The number of carboxylic acid groups (broad SMARTS) is 1. The van der Waals surface area contributed by atoms with Crippen LogP contribution in [0.2, 0.25) is 0 Å². The maximum atomic E-state index is 11.6. The zero-order chi connectivity index (χ0) is 14.4. The molecule has 0 aliphatic carbocycles. The Labute approximate surface area is 119 Å². The molecule has 104 valence electrons. The van der Waals surface area contributed by atoms with Crippen LogP contribution >= 0.6 is 11.3 Å². The summed E-state index contributed by atoms with van der Waals surface area (Å²) in [4.78, 5) is 26.1. The number of hydrogen-bond donors (Lipinski definition) is 3. The van der Waals surface area contributed by atoms with Crippen LogP contribution in [-0.2, 0) is 13.1 Å². The summed E-state index contributed by atoms with van der Waals surface area (Å²) in [6, 6.07) is 9.23. The fourth-order valence-corrected chi connectivity index (χ4v) is 2.19. The number of amides is 2. The summed E-state index contributed by atoms with van der Waals surface area (Å²) in [5.74, 6) is -1.07. The molecule has 3 N–H and O–H groups in total. The monoisotopic (exact) mass is 291 g/mol. The van der Waals surface area contributed by atoms with E-state index in [-0.39, 0.29) is 18.3 Å². The molecule has 0 bridgehead atoms. The second-order valence-corrected chi connectivity index (χ2v) is 4.90. The number of rotatable bonds is 5. The standard InChI is InChI=1S/C13H13N3O3S/c17-12(18)10-8-20-11(16-10)7-15-13(19)14-6-9-4-2-1-3-5-9/h1-5,8H,6-7H2,(H,17,18)(H2,14,15,19). The highest BCUT2D eigenvalue weighted by Gasteiger charge is 2.09. The minimum Gasteiger partial charge on any atom is -0.476 e. The first-order valence-electron chi connectivity index (χ1n) is 5.88. The van der Waals surface area contributed by atoms with Gasteiger partial charge in [0.05, 0.1) is 6.54 Å². The maximum absolute atomic E-state index is 11.6. The highest BCUT2D eigenvalue weighted by Crippen LogP contribution is 2.09. The number of aromatic carboxylic acids is 1. The van der Waals surface area contributed by atoms with Gasteiger partial charge < -0.3 is 15.7 Å². The Morgan fingerprint density at radius 3 is 2.50 bits per heavy atom. The second-order valence-electron chi connectivity index (χ2n) is 3.95. The zero-order valence-corrected chi connectivity index (χ0v) is 11.3. The summed E-state index contributed by atoms with van der Waals surface area (Å²) < 4.78 is 0. The smallest absolute Gasteiger partial charge is 0.355 e. The number of aromatic nitrogens is 1. The van der Waals surface area contributed by atoms with Gasteiger partial charge in [-0.25, -0.2) is 14.6 Å². The molecule has 1 heterocycles. The number of carboxylic acids is 1. The molecule has 0 aliphatic heterocycles. The van der Waals surface area contributed by atoms with Crippen LogP contribution in [0.15, 0.2) is 35.7 Å². The van der Waals surface area contributed by atoms with Crippen molar-refractivity contribution in [2.75, 3.05) is 0 Å². The molecule has 1 aromatic carbocycles. The van der Waals surface area contributed by atoms with E-state index in [4.69, 9.17) is 5.11 Å². The Balaban J connectivity index is 1.76. The van der Waals surface area contributed by atoms with Crippen molar-refractivity contribution < 1.29 is 14.7 Å². The van der Waals surface area contributed by atoms with Crippen molar-refractivity contribution in [2.24, 2.45) is 0 Å². The molecule has 6 nitrogen and oxygen atoms in total. The second kappa shape index (κ2) is 6.67. The Kier molecular flexibility index (Phi) is 4.67. The van der Waals surface area contributed by atoms with E-state index < -0.39 is 5.97 Å². The minimum absolute atomic E-state index is 0.00325. The van der Waals surface area contributed by atoms with Crippen LogP contribution in [0, 0.1) is 0 Å². The van der Waals surface area contributed by atoms with Gasteiger partial charge in [-0.15, -0.1) is 11.3 Å². The molecule has 20 heavy (non-hydrogen) atoms. The van der Waals surface area contributed by atoms with E-state index in [1.54, 1.807) is 0 Å². The Morgan fingerprint density at radius 1 is 1.15 bits per heavy atom. The lowest BCUT2D eigenvalue weighted by atomic mass is 10.2. The fraction of sp³-hybridized carbons (Fsp3) is 0.154. The molecule has 2 aromatic rings. The molecule has 0 radical (unpaired) electrons. The molecular weight excluding hydrogens is 278 g/mol. The summed E-state index contributed by atoms with van der Waals surface area (Å²) in [6.45, 7) is 0.642. The highest BCUT2D eigenvalue weighted by atomic mass is 32.1. The zero-order valence-electron chi connectivity index (χ0n) is 10.5. The van der Waals surface area contributed by atoms with Crippen LogP contribution in [0.25, 0.3) is 0 Å². The first-order valence-corrected chi connectivity index (χ1v) is 6.76. The molecule has 0 saturated heterocycles. The summed E-state index contributed by atoms with van der Waals surface area (Å²) in [5.41, 5.74) is 1.00. The summed E-state index contributed by atoms with van der Waals surface area (Å²) >= 11 is 1.20. The van der Waals surface area contributed by atoms with Crippen molar-refractivity contribution in [2.45, 2.75) is 13.1 Å². The van der Waals surface area contributed by atoms with Gasteiger partial charge in [0.25, 0.3) is 0 Å². The largest absolute Gasteiger partial charge is 0.476 e. The molecule has 1 aromatic heterocycles. The van der Waals surface area contributed by atoms with E-state index in [1.165, 1.54) is 16.7 Å². The number of hydrogen-bond acceptors (Lipinski definition) is 4. The van der Waals surface area contributed by atoms with Gasteiger partial charge >= 0.3 is 12.0 Å². The Hall–Kier alpha value is -2.41. The molecule has 0 unspecified atom stereocenters. The van der Waals surface area contributed by atoms with E-state index in [1.807, 2.05) is 30.3 Å². The van der Waals surface area contributed by atoms with Gasteiger partial charge in [-0.1, -0.05) is 30.3 Å². The minimum atomic E-state index is -1.07. The van der Waals surface area contributed by atoms with E-state index in [0.29, 0.717) is 11.6 Å². The van der Waals surface area contributed by atoms with Gasteiger partial charge in [-0.2, -0.15) is 0 Å². The molecule has 0 fully saturated rings. The fourth-order valence-electron chi connectivity index (χ4n) is 1.49. The molecule has 0 saturated carbocycles. The summed E-state index contributed by atoms with van der Waals surface area (Å²) in [7, 11) is 0. The predicted octanol–water partition coefficient (Wildman–Crippen LogP) is 1.84. The lowest BCUT2D eigenvalue weighted by Crippen LogP contribution is -2.34. The molecule has 7 heteroatoms. The van der Waals surface area contributed by atoms with Gasteiger partial charge in [-0.05, 0) is 5.56 Å². The van der Waals surface area contributed by atoms with Gasteiger partial charge in [0.15, 0.2) is 5.69 Å². The van der Waals surface area contributed by atoms with Crippen molar-refractivity contribution in [3.63, 3.8) is 0 Å². The van der Waals surface area contributed by atoms with Crippen LogP contribution in [0.3, 0.4) is 0 Å². The number of nitrogens with zero attached hydrogens (tertiary/aromatic N) is 1. The van der Waals surface area contributed by atoms with Crippen LogP contribution in [-0.4, -0.2) is 22.1 Å².